The Morgan fingerprint density at radius 2 is 2.15 bits per heavy atom. The van der Waals surface area contributed by atoms with Crippen molar-refractivity contribution in [1.29, 1.82) is 0 Å². The van der Waals surface area contributed by atoms with Crippen LogP contribution in [0.25, 0.3) is 10.9 Å². The molecule has 6 heteroatoms. The van der Waals surface area contributed by atoms with Gasteiger partial charge in [0.2, 0.25) is 0 Å². The maximum absolute atomic E-state index is 12.9. The molecule has 1 aliphatic heterocycles. The van der Waals surface area contributed by atoms with Gasteiger partial charge in [0.15, 0.2) is 0 Å². The first-order valence-electron chi connectivity index (χ1n) is 6.47. The molecule has 106 valence electrons. The number of anilines is 1. The first-order chi connectivity index (χ1) is 9.54. The predicted molar refractivity (Wildman–Crippen MR) is 71.6 cm³/mol. The Labute approximate surface area is 114 Å². The highest BCUT2D eigenvalue weighted by molar-refractivity contribution is 5.92. The van der Waals surface area contributed by atoms with Crippen molar-refractivity contribution in [2.75, 3.05) is 18.4 Å². The van der Waals surface area contributed by atoms with Gasteiger partial charge >= 0.3 is 6.18 Å². The Bertz CT molecular complexity index is 619. The van der Waals surface area contributed by atoms with Crippen LogP contribution in [-0.2, 0) is 6.18 Å². The molecule has 0 amide bonds. The molecule has 2 N–H and O–H groups in total. The number of pyridine rings is 1. The van der Waals surface area contributed by atoms with Gasteiger partial charge in [0, 0.05) is 29.9 Å². The van der Waals surface area contributed by atoms with Gasteiger partial charge in [-0.1, -0.05) is 0 Å². The zero-order valence-corrected chi connectivity index (χ0v) is 10.7. The van der Waals surface area contributed by atoms with Crippen LogP contribution in [0.4, 0.5) is 18.9 Å². The van der Waals surface area contributed by atoms with Crippen molar-refractivity contribution in [3.63, 3.8) is 0 Å². The van der Waals surface area contributed by atoms with Crippen molar-refractivity contribution in [1.82, 2.24) is 10.3 Å². The second-order valence-corrected chi connectivity index (χ2v) is 4.93. The Morgan fingerprint density at radius 3 is 2.85 bits per heavy atom. The van der Waals surface area contributed by atoms with E-state index >= 15 is 0 Å². The van der Waals surface area contributed by atoms with Crippen LogP contribution in [0.5, 0.6) is 0 Å². The highest BCUT2D eigenvalue weighted by atomic mass is 19.4. The van der Waals surface area contributed by atoms with Crippen LogP contribution in [0.3, 0.4) is 0 Å². The molecule has 20 heavy (non-hydrogen) atoms. The van der Waals surface area contributed by atoms with Crippen LogP contribution in [0, 0.1) is 0 Å². The number of aromatic nitrogens is 1. The van der Waals surface area contributed by atoms with E-state index in [-0.39, 0.29) is 6.04 Å². The largest absolute Gasteiger partial charge is 0.416 e. The molecule has 3 nitrogen and oxygen atoms in total. The number of alkyl halides is 3. The number of nitrogens with one attached hydrogen (secondary N) is 2. The van der Waals surface area contributed by atoms with E-state index < -0.39 is 11.7 Å². The van der Waals surface area contributed by atoms with Crippen LogP contribution in [0.2, 0.25) is 0 Å². The summed E-state index contributed by atoms with van der Waals surface area (Å²) < 4.78 is 38.8. The molecule has 2 heterocycles. The van der Waals surface area contributed by atoms with E-state index in [0.717, 1.165) is 25.6 Å². The topological polar surface area (TPSA) is 37.0 Å². The van der Waals surface area contributed by atoms with Crippen molar-refractivity contribution in [3.05, 3.63) is 36.0 Å². The van der Waals surface area contributed by atoms with E-state index in [4.69, 9.17) is 0 Å². The number of hydrogen-bond donors (Lipinski definition) is 2. The summed E-state index contributed by atoms with van der Waals surface area (Å²) >= 11 is 0. The lowest BCUT2D eigenvalue weighted by Gasteiger charge is -2.17. The highest BCUT2D eigenvalue weighted by Gasteiger charge is 2.31. The molecule has 0 spiro atoms. The molecule has 2 aromatic rings. The third kappa shape index (κ3) is 2.56. The molecule has 0 unspecified atom stereocenters. The highest BCUT2D eigenvalue weighted by Crippen LogP contribution is 2.35. The van der Waals surface area contributed by atoms with Crippen molar-refractivity contribution in [2.24, 2.45) is 0 Å². The lowest BCUT2D eigenvalue weighted by atomic mass is 10.1. The summed E-state index contributed by atoms with van der Waals surface area (Å²) in [7, 11) is 0. The fraction of sp³-hybridized carbons (Fsp3) is 0.357. The third-order valence-electron chi connectivity index (χ3n) is 3.47. The zero-order valence-electron chi connectivity index (χ0n) is 10.7. The van der Waals surface area contributed by atoms with Crippen molar-refractivity contribution in [3.8, 4) is 0 Å². The molecule has 0 radical (unpaired) electrons. The molecule has 1 aromatic carbocycles. The number of halogens is 3. The van der Waals surface area contributed by atoms with Gasteiger partial charge in [-0.3, -0.25) is 4.98 Å². The molecule has 1 aromatic heterocycles. The molecular weight excluding hydrogens is 267 g/mol. The van der Waals surface area contributed by atoms with Gasteiger partial charge in [0.05, 0.1) is 11.1 Å². The molecule has 1 aliphatic rings. The van der Waals surface area contributed by atoms with Crippen molar-refractivity contribution >= 4 is 16.6 Å². The lowest BCUT2D eigenvalue weighted by Crippen LogP contribution is -2.22. The van der Waals surface area contributed by atoms with E-state index in [2.05, 4.69) is 15.6 Å². The van der Waals surface area contributed by atoms with E-state index in [9.17, 15) is 13.2 Å². The summed E-state index contributed by atoms with van der Waals surface area (Å²) in [6.07, 6.45) is -1.96. The van der Waals surface area contributed by atoms with E-state index in [1.165, 1.54) is 12.3 Å². The Morgan fingerprint density at radius 1 is 1.30 bits per heavy atom. The molecule has 0 saturated carbocycles. The smallest absolute Gasteiger partial charge is 0.380 e. The monoisotopic (exact) mass is 281 g/mol. The average Bonchev–Trinajstić information content (AvgIpc) is 2.90. The molecule has 1 saturated heterocycles. The Kier molecular flexibility index (Phi) is 3.25. The van der Waals surface area contributed by atoms with Crippen LogP contribution in [0.15, 0.2) is 30.5 Å². The fourth-order valence-corrected chi connectivity index (χ4v) is 2.46. The van der Waals surface area contributed by atoms with Gasteiger partial charge in [-0.25, -0.2) is 0 Å². The third-order valence-corrected chi connectivity index (χ3v) is 3.47. The summed E-state index contributed by atoms with van der Waals surface area (Å²) in [4.78, 5) is 4.03. The van der Waals surface area contributed by atoms with Crippen LogP contribution in [0.1, 0.15) is 12.0 Å². The minimum Gasteiger partial charge on any atom is -0.380 e. The van der Waals surface area contributed by atoms with E-state index in [0.29, 0.717) is 16.6 Å². The summed E-state index contributed by atoms with van der Waals surface area (Å²) in [6, 6.07) is 5.93. The number of hydrogen-bond acceptors (Lipinski definition) is 3. The molecule has 1 fully saturated rings. The van der Waals surface area contributed by atoms with Gasteiger partial charge in [-0.2, -0.15) is 13.2 Å². The van der Waals surface area contributed by atoms with Gasteiger partial charge in [-0.15, -0.1) is 0 Å². The van der Waals surface area contributed by atoms with Gasteiger partial charge in [-0.05, 0) is 37.2 Å². The second-order valence-electron chi connectivity index (χ2n) is 4.93. The average molecular weight is 281 g/mol. The fourth-order valence-electron chi connectivity index (χ4n) is 2.46. The molecule has 0 bridgehead atoms. The summed E-state index contributed by atoms with van der Waals surface area (Å²) in [5.74, 6) is 0. The minimum absolute atomic E-state index is 0.155. The number of rotatable bonds is 2. The summed E-state index contributed by atoms with van der Waals surface area (Å²) in [6.45, 7) is 1.64. The van der Waals surface area contributed by atoms with Gasteiger partial charge in [0.1, 0.15) is 0 Å². The minimum atomic E-state index is -4.37. The van der Waals surface area contributed by atoms with Crippen molar-refractivity contribution in [2.45, 2.75) is 18.6 Å². The zero-order chi connectivity index (χ0) is 14.2. The lowest BCUT2D eigenvalue weighted by molar-refractivity contribution is -0.137. The standard InChI is InChI=1S/C14H14F3N3/c15-14(16,17)9-6-12-11(2-1-4-19-12)13(7-9)20-10-3-5-18-8-10/h1-2,4,6-7,10,18,20H,3,5,8H2/t10-/m0/s1. The Balaban J connectivity index is 2.07. The summed E-state index contributed by atoms with van der Waals surface area (Å²) in [5, 5.41) is 7.09. The van der Waals surface area contributed by atoms with E-state index in [1.54, 1.807) is 12.1 Å². The van der Waals surface area contributed by atoms with Crippen LogP contribution >= 0.6 is 0 Å². The SMILES string of the molecule is FC(F)(F)c1cc(N[C@H]2CCNC2)c2cccnc2c1. The quantitative estimate of drug-likeness (QED) is 0.888. The number of nitrogens with zero attached hydrogens (tertiary/aromatic N) is 1. The van der Waals surface area contributed by atoms with Crippen LogP contribution < -0.4 is 10.6 Å². The number of fused-ring (bicyclic) bond motifs is 1. The molecule has 0 aliphatic carbocycles. The maximum Gasteiger partial charge on any atom is 0.416 e. The first-order valence-corrected chi connectivity index (χ1v) is 6.47. The Hall–Kier alpha value is -1.82. The first kappa shape index (κ1) is 13.2. The molecule has 3 rings (SSSR count). The van der Waals surface area contributed by atoms with Gasteiger partial charge in [0.25, 0.3) is 0 Å². The van der Waals surface area contributed by atoms with Gasteiger partial charge < -0.3 is 10.6 Å². The predicted octanol–water partition coefficient (Wildman–Crippen LogP) is 3.03. The maximum atomic E-state index is 12.9. The van der Waals surface area contributed by atoms with E-state index in [1.807, 2.05) is 0 Å². The second kappa shape index (κ2) is 4.94. The molecule has 1 atom stereocenters. The normalized spacial score (nSPS) is 19.4. The van der Waals surface area contributed by atoms with Crippen molar-refractivity contribution < 1.29 is 13.2 Å². The summed E-state index contributed by atoms with van der Waals surface area (Å²) in [5.41, 5.74) is 0.185. The van der Waals surface area contributed by atoms with Crippen LogP contribution in [-0.4, -0.2) is 24.1 Å². The number of benzene rings is 1. The molecular formula is C14H14F3N3.